The van der Waals surface area contributed by atoms with Gasteiger partial charge in [-0.2, -0.15) is 13.2 Å². The third-order valence-electron chi connectivity index (χ3n) is 9.23. The molecule has 1 aromatic heterocycles. The van der Waals surface area contributed by atoms with Gasteiger partial charge in [0.2, 0.25) is 0 Å². The van der Waals surface area contributed by atoms with Crippen molar-refractivity contribution < 1.29 is 55.3 Å². The van der Waals surface area contributed by atoms with E-state index >= 15 is 0 Å². The number of fused-ring (bicyclic) bond motifs is 2. The molecule has 2 amide bonds. The van der Waals surface area contributed by atoms with Crippen LogP contribution in [0, 0.1) is 17.8 Å². The topological polar surface area (TPSA) is 137 Å². The van der Waals surface area contributed by atoms with E-state index in [1.807, 2.05) is 0 Å². The minimum Gasteiger partial charge on any atom is -0.496 e. The molecule has 2 bridgehead atoms. The number of nitrogens with one attached hydrogen (secondary N) is 3. The average Bonchev–Trinajstić information content (AvgIpc) is 3.64. The van der Waals surface area contributed by atoms with E-state index in [9.17, 15) is 36.3 Å². The zero-order valence-corrected chi connectivity index (χ0v) is 24.8. The van der Waals surface area contributed by atoms with Crippen LogP contribution in [0.5, 0.6) is 17.2 Å². The van der Waals surface area contributed by atoms with Crippen molar-refractivity contribution in [1.82, 2.24) is 10.3 Å². The lowest BCUT2D eigenvalue weighted by molar-refractivity contribution is -0.286. The van der Waals surface area contributed by atoms with Gasteiger partial charge in [0.15, 0.2) is 11.5 Å². The van der Waals surface area contributed by atoms with E-state index in [0.29, 0.717) is 19.3 Å². The number of hydrogen-bond acceptors (Lipinski definition) is 9. The number of rotatable bonds is 8. The van der Waals surface area contributed by atoms with Crippen molar-refractivity contribution in [1.29, 1.82) is 0 Å². The Morgan fingerprint density at radius 2 is 1.74 bits per heavy atom. The summed E-state index contributed by atoms with van der Waals surface area (Å²) >= 11 is 0. The molecule has 4 saturated carbocycles. The van der Waals surface area contributed by atoms with Crippen LogP contribution < -0.4 is 30.2 Å². The van der Waals surface area contributed by atoms with Gasteiger partial charge < -0.3 is 34.9 Å². The summed E-state index contributed by atoms with van der Waals surface area (Å²) in [5.41, 5.74) is -1.79. The third-order valence-corrected chi connectivity index (χ3v) is 9.23. The van der Waals surface area contributed by atoms with Gasteiger partial charge in [-0.1, -0.05) is 6.42 Å². The Bertz CT molecular complexity index is 1560. The Balaban J connectivity index is 1.28. The molecule has 16 heteroatoms. The fourth-order valence-electron chi connectivity index (χ4n) is 7.14. The molecule has 2 heterocycles. The van der Waals surface area contributed by atoms with Gasteiger partial charge in [0.25, 0.3) is 11.8 Å². The predicted octanol–water partition coefficient (Wildman–Crippen LogP) is 5.27. The van der Waals surface area contributed by atoms with E-state index in [4.69, 9.17) is 9.47 Å². The number of alkyl halides is 5. The van der Waals surface area contributed by atoms with E-state index < -0.39 is 53.2 Å². The highest BCUT2D eigenvalue weighted by molar-refractivity contribution is 6.13. The SMILES string of the molecule is COC(=O)[C@H]1CCC[C@@H](Nc2nccc(OC)c2C(=O)Nc2cc3c(cc2C(=O)NC24CC(C2)C(C(F)(F)F)C4)OC(F)(F)O3)C1. The highest BCUT2D eigenvalue weighted by atomic mass is 19.4. The Labute approximate surface area is 259 Å². The van der Waals surface area contributed by atoms with Crippen LogP contribution in [0.15, 0.2) is 24.4 Å². The van der Waals surface area contributed by atoms with Crippen LogP contribution in [0.1, 0.15) is 65.7 Å². The van der Waals surface area contributed by atoms with E-state index in [1.165, 1.54) is 26.5 Å². The summed E-state index contributed by atoms with van der Waals surface area (Å²) in [6, 6.07) is 3.10. The van der Waals surface area contributed by atoms with Crippen LogP contribution in [0.3, 0.4) is 0 Å². The van der Waals surface area contributed by atoms with Gasteiger partial charge in [0.1, 0.15) is 17.1 Å². The van der Waals surface area contributed by atoms with Crippen LogP contribution in [-0.4, -0.2) is 61.0 Å². The minimum absolute atomic E-state index is 0.0798. The van der Waals surface area contributed by atoms with Gasteiger partial charge in [-0.05, 0) is 56.6 Å². The van der Waals surface area contributed by atoms with Crippen molar-refractivity contribution in [2.24, 2.45) is 17.8 Å². The van der Waals surface area contributed by atoms with Crippen molar-refractivity contribution in [3.63, 3.8) is 0 Å². The number of pyridine rings is 1. The number of amides is 2. The molecule has 2 aromatic rings. The van der Waals surface area contributed by atoms with Crippen molar-refractivity contribution >= 4 is 29.3 Å². The number of halogens is 5. The number of benzene rings is 1. The Morgan fingerprint density at radius 1 is 1.02 bits per heavy atom. The second-order valence-electron chi connectivity index (χ2n) is 12.2. The molecule has 4 aliphatic carbocycles. The number of carbonyl (C=O) groups is 3. The zero-order valence-electron chi connectivity index (χ0n) is 24.8. The Hall–Kier alpha value is -4.37. The summed E-state index contributed by atoms with van der Waals surface area (Å²) in [6.45, 7) is 0. The standard InChI is InChI=1S/C30H31F5N4O7/c1-43-20-6-7-36-24(37-16-5-3-4-14(8-16)27(42)44-2)23(20)26(41)38-19-10-22-21(45-30(34,35)46-22)9-17(19)25(40)39-28-11-15(12-28)18(13-28)29(31,32)33/h6-7,9-10,14-16,18H,3-5,8,11-13H2,1-2H3,(H,36,37)(H,38,41)(H,39,40)/t14-,15?,16+,18?,28?/m0/s1. The molecule has 11 nitrogen and oxygen atoms in total. The summed E-state index contributed by atoms with van der Waals surface area (Å²) in [5, 5.41) is 8.38. The number of hydrogen-bond donors (Lipinski definition) is 3. The fourth-order valence-corrected chi connectivity index (χ4v) is 7.14. The molecular formula is C30H31F5N4O7. The van der Waals surface area contributed by atoms with Crippen LogP contribution in [0.25, 0.3) is 0 Å². The molecule has 46 heavy (non-hydrogen) atoms. The second kappa shape index (κ2) is 11.5. The molecule has 1 unspecified atom stereocenters. The summed E-state index contributed by atoms with van der Waals surface area (Å²) in [6.07, 6.45) is -4.67. The molecular weight excluding hydrogens is 623 g/mol. The van der Waals surface area contributed by atoms with E-state index in [1.54, 1.807) is 0 Å². The lowest BCUT2D eigenvalue weighted by Gasteiger charge is -2.39. The number of esters is 1. The quantitative estimate of drug-likeness (QED) is 0.257. The first-order valence-electron chi connectivity index (χ1n) is 14.7. The molecule has 5 aliphatic rings. The number of nitrogens with zero attached hydrogens (tertiary/aromatic N) is 1. The maximum Gasteiger partial charge on any atom is 0.586 e. The van der Waals surface area contributed by atoms with Gasteiger partial charge in [0, 0.05) is 23.8 Å². The number of anilines is 2. The van der Waals surface area contributed by atoms with Crippen molar-refractivity contribution in [2.75, 3.05) is 24.9 Å². The minimum atomic E-state index is -4.41. The monoisotopic (exact) mass is 654 g/mol. The highest BCUT2D eigenvalue weighted by Gasteiger charge is 2.64. The molecule has 4 fully saturated rings. The number of ether oxygens (including phenoxy) is 4. The molecule has 248 valence electrons. The Kier molecular flexibility index (Phi) is 7.87. The van der Waals surface area contributed by atoms with Gasteiger partial charge in [-0.15, -0.1) is 8.78 Å². The number of carbonyl (C=O) groups excluding carboxylic acids is 3. The summed E-state index contributed by atoms with van der Waals surface area (Å²) in [5.74, 6) is -5.34. The van der Waals surface area contributed by atoms with Crippen molar-refractivity contribution in [3.8, 4) is 17.2 Å². The number of methoxy groups -OCH3 is 2. The summed E-state index contributed by atoms with van der Waals surface area (Å²) in [7, 11) is 2.64. The van der Waals surface area contributed by atoms with Crippen molar-refractivity contribution in [2.45, 2.75) is 69.0 Å². The molecule has 0 saturated heterocycles. The first-order valence-corrected chi connectivity index (χ1v) is 14.7. The van der Waals surface area contributed by atoms with E-state index in [0.717, 1.165) is 18.6 Å². The first kappa shape index (κ1) is 31.6. The van der Waals surface area contributed by atoms with Crippen molar-refractivity contribution in [3.05, 3.63) is 35.5 Å². The predicted molar refractivity (Wildman–Crippen MR) is 150 cm³/mol. The van der Waals surface area contributed by atoms with Crippen LogP contribution in [0.4, 0.5) is 33.5 Å². The molecule has 1 aromatic carbocycles. The lowest BCUT2D eigenvalue weighted by Crippen LogP contribution is -2.51. The van der Waals surface area contributed by atoms with E-state index in [2.05, 4.69) is 30.4 Å². The molecule has 3 atom stereocenters. The number of aromatic nitrogens is 1. The van der Waals surface area contributed by atoms with Gasteiger partial charge in [-0.25, -0.2) is 4.98 Å². The summed E-state index contributed by atoms with van der Waals surface area (Å²) < 4.78 is 87.6. The molecule has 7 rings (SSSR count). The average molecular weight is 655 g/mol. The fraction of sp³-hybridized carbons (Fsp3) is 0.533. The lowest BCUT2D eigenvalue weighted by atomic mass is 9.76. The van der Waals surface area contributed by atoms with Gasteiger partial charge >= 0.3 is 18.4 Å². The van der Waals surface area contributed by atoms with Crippen LogP contribution >= 0.6 is 0 Å². The second-order valence-corrected chi connectivity index (χ2v) is 12.2. The maximum atomic E-state index is 14.0. The van der Waals surface area contributed by atoms with Gasteiger partial charge in [0.05, 0.1) is 37.3 Å². The largest absolute Gasteiger partial charge is 0.586 e. The highest BCUT2D eigenvalue weighted by Crippen LogP contribution is 2.60. The maximum absolute atomic E-state index is 14.0. The molecule has 0 radical (unpaired) electrons. The molecule has 1 aliphatic heterocycles. The van der Waals surface area contributed by atoms with Gasteiger partial charge in [-0.3, -0.25) is 14.4 Å². The molecule has 0 spiro atoms. The van der Waals surface area contributed by atoms with Crippen LogP contribution in [-0.2, 0) is 9.53 Å². The first-order chi connectivity index (χ1) is 21.7. The zero-order chi connectivity index (χ0) is 33.0. The smallest absolute Gasteiger partial charge is 0.496 e. The third kappa shape index (κ3) is 5.96. The Morgan fingerprint density at radius 3 is 2.39 bits per heavy atom. The normalized spacial score (nSPS) is 27.3. The van der Waals surface area contributed by atoms with Crippen LogP contribution in [0.2, 0.25) is 0 Å². The summed E-state index contributed by atoms with van der Waals surface area (Å²) in [4.78, 5) is 43.8. The van der Waals surface area contributed by atoms with E-state index in [-0.39, 0.29) is 65.6 Å². The molecule has 3 N–H and O–H groups in total.